The molecule has 0 radical (unpaired) electrons. The summed E-state index contributed by atoms with van der Waals surface area (Å²) in [5.41, 5.74) is 4.27. The van der Waals surface area contributed by atoms with Crippen LogP contribution in [0.1, 0.15) is 33.1 Å². The van der Waals surface area contributed by atoms with E-state index >= 15 is 0 Å². The van der Waals surface area contributed by atoms with Crippen LogP contribution >= 0.6 is 0 Å². The molecule has 0 aromatic carbocycles. The van der Waals surface area contributed by atoms with E-state index in [2.05, 4.69) is 0 Å². The highest BCUT2D eigenvalue weighted by molar-refractivity contribution is 5.09. The first-order valence-electron chi connectivity index (χ1n) is 4.04. The Hall–Kier alpha value is -0.180. The van der Waals surface area contributed by atoms with E-state index in [0.717, 1.165) is 0 Å². The second-order valence-electron chi connectivity index (χ2n) is 3.96. The van der Waals surface area contributed by atoms with Crippen LogP contribution in [0.3, 0.4) is 0 Å². The molecule has 1 fully saturated rings. The van der Waals surface area contributed by atoms with Crippen LogP contribution in [0.4, 0.5) is 8.78 Å². The molecule has 1 saturated carbocycles. The van der Waals surface area contributed by atoms with Gasteiger partial charge in [-0.3, -0.25) is 0 Å². The lowest BCUT2D eigenvalue weighted by Crippen LogP contribution is -2.44. The Morgan fingerprint density at radius 2 is 1.91 bits per heavy atom. The highest BCUT2D eigenvalue weighted by Crippen LogP contribution is 2.48. The number of halogens is 2. The molecule has 0 amide bonds. The fourth-order valence-corrected chi connectivity index (χ4v) is 1.22. The lowest BCUT2D eigenvalue weighted by molar-refractivity contribution is -0.0532. The lowest BCUT2D eigenvalue weighted by Gasteiger charge is -2.24. The van der Waals surface area contributed by atoms with Crippen molar-refractivity contribution < 1.29 is 8.78 Å². The van der Waals surface area contributed by atoms with E-state index in [0.29, 0.717) is 12.8 Å². The summed E-state index contributed by atoms with van der Waals surface area (Å²) in [6, 6.07) is 0. The third-order valence-corrected chi connectivity index (χ3v) is 2.18. The zero-order chi connectivity index (χ0) is 8.70. The fourth-order valence-electron chi connectivity index (χ4n) is 1.22. The zero-order valence-corrected chi connectivity index (χ0v) is 7.03. The molecule has 1 aliphatic carbocycles. The molecule has 66 valence electrons. The maximum Gasteiger partial charge on any atom is 0.265 e. The van der Waals surface area contributed by atoms with Gasteiger partial charge in [-0.1, -0.05) is 13.8 Å². The monoisotopic (exact) mass is 163 g/mol. The summed E-state index contributed by atoms with van der Waals surface area (Å²) in [5.74, 6) is -2.63. The molecular weight excluding hydrogens is 148 g/mol. The Balaban J connectivity index is 2.52. The van der Waals surface area contributed by atoms with Crippen molar-refractivity contribution in [2.24, 2.45) is 11.7 Å². The Morgan fingerprint density at radius 1 is 1.45 bits per heavy atom. The Bertz CT molecular complexity index is 150. The van der Waals surface area contributed by atoms with Crippen LogP contribution in [-0.2, 0) is 0 Å². The molecule has 0 aromatic heterocycles. The lowest BCUT2D eigenvalue weighted by atomic mass is 9.98. The quantitative estimate of drug-likeness (QED) is 0.677. The van der Waals surface area contributed by atoms with Crippen molar-refractivity contribution in [1.82, 2.24) is 0 Å². The van der Waals surface area contributed by atoms with Gasteiger partial charge in [0.25, 0.3) is 5.92 Å². The Labute approximate surface area is 66.0 Å². The van der Waals surface area contributed by atoms with Gasteiger partial charge in [0.05, 0.1) is 5.54 Å². The molecule has 1 nitrogen and oxygen atoms in total. The predicted octanol–water partition coefficient (Wildman–Crippen LogP) is 2.16. The van der Waals surface area contributed by atoms with Crippen LogP contribution in [0.15, 0.2) is 0 Å². The molecule has 3 heteroatoms. The van der Waals surface area contributed by atoms with Crippen LogP contribution in [0.5, 0.6) is 0 Å². The average Bonchev–Trinajstić information content (AvgIpc) is 2.44. The van der Waals surface area contributed by atoms with Crippen LogP contribution < -0.4 is 5.73 Å². The van der Waals surface area contributed by atoms with E-state index in [1.54, 1.807) is 13.8 Å². The van der Waals surface area contributed by atoms with Crippen LogP contribution in [0, 0.1) is 5.92 Å². The summed E-state index contributed by atoms with van der Waals surface area (Å²) in [4.78, 5) is 0. The number of rotatable bonds is 3. The molecule has 0 saturated heterocycles. The number of hydrogen-bond donors (Lipinski definition) is 1. The fraction of sp³-hybridized carbons (Fsp3) is 1.00. The SMILES string of the molecule is CC(C)CC(F)(F)C1(N)CC1. The molecule has 0 atom stereocenters. The summed E-state index contributed by atoms with van der Waals surface area (Å²) in [6.45, 7) is 3.58. The summed E-state index contributed by atoms with van der Waals surface area (Å²) in [7, 11) is 0. The van der Waals surface area contributed by atoms with Gasteiger partial charge in [0.2, 0.25) is 0 Å². The van der Waals surface area contributed by atoms with Gasteiger partial charge in [0.1, 0.15) is 0 Å². The van der Waals surface area contributed by atoms with Crippen molar-refractivity contribution in [2.75, 3.05) is 0 Å². The van der Waals surface area contributed by atoms with Crippen LogP contribution in [-0.4, -0.2) is 11.5 Å². The van der Waals surface area contributed by atoms with Crippen molar-refractivity contribution in [2.45, 2.75) is 44.6 Å². The molecule has 0 aliphatic heterocycles. The standard InChI is InChI=1S/C8H15F2N/c1-6(2)5-8(9,10)7(11)3-4-7/h6H,3-5,11H2,1-2H3. The first kappa shape index (κ1) is 8.91. The van der Waals surface area contributed by atoms with Crippen molar-refractivity contribution >= 4 is 0 Å². The van der Waals surface area contributed by atoms with Crippen molar-refractivity contribution in [3.63, 3.8) is 0 Å². The van der Waals surface area contributed by atoms with Gasteiger partial charge < -0.3 is 5.73 Å². The summed E-state index contributed by atoms with van der Waals surface area (Å²) in [6.07, 6.45) is 0.878. The molecule has 0 aromatic rings. The Kier molecular flexibility index (Phi) is 1.95. The second kappa shape index (κ2) is 2.41. The van der Waals surface area contributed by atoms with E-state index < -0.39 is 11.5 Å². The van der Waals surface area contributed by atoms with E-state index in [1.165, 1.54) is 0 Å². The molecule has 2 N–H and O–H groups in total. The molecular formula is C8H15F2N. The van der Waals surface area contributed by atoms with Gasteiger partial charge >= 0.3 is 0 Å². The molecule has 11 heavy (non-hydrogen) atoms. The number of alkyl halides is 2. The number of hydrogen-bond acceptors (Lipinski definition) is 1. The van der Waals surface area contributed by atoms with E-state index in [-0.39, 0.29) is 12.3 Å². The van der Waals surface area contributed by atoms with Gasteiger partial charge in [0.15, 0.2) is 0 Å². The van der Waals surface area contributed by atoms with Gasteiger partial charge in [-0.2, -0.15) is 0 Å². The maximum absolute atomic E-state index is 13.1. The molecule has 0 bridgehead atoms. The van der Waals surface area contributed by atoms with Gasteiger partial charge in [0, 0.05) is 6.42 Å². The predicted molar refractivity (Wildman–Crippen MR) is 40.6 cm³/mol. The van der Waals surface area contributed by atoms with Crippen LogP contribution in [0.25, 0.3) is 0 Å². The minimum atomic E-state index is -2.65. The largest absolute Gasteiger partial charge is 0.320 e. The number of nitrogens with two attached hydrogens (primary N) is 1. The first-order chi connectivity index (χ1) is 4.87. The van der Waals surface area contributed by atoms with E-state index in [4.69, 9.17) is 5.73 Å². The van der Waals surface area contributed by atoms with Crippen molar-refractivity contribution in [3.8, 4) is 0 Å². The van der Waals surface area contributed by atoms with Gasteiger partial charge in [-0.15, -0.1) is 0 Å². The minimum absolute atomic E-state index is 0.0195. The molecule has 0 unspecified atom stereocenters. The highest BCUT2D eigenvalue weighted by atomic mass is 19.3. The van der Waals surface area contributed by atoms with Crippen molar-refractivity contribution in [1.29, 1.82) is 0 Å². The normalized spacial score (nSPS) is 22.4. The van der Waals surface area contributed by atoms with Crippen LogP contribution in [0.2, 0.25) is 0 Å². The zero-order valence-electron chi connectivity index (χ0n) is 7.03. The summed E-state index contributed by atoms with van der Waals surface area (Å²) in [5, 5.41) is 0. The van der Waals surface area contributed by atoms with Crippen molar-refractivity contribution in [3.05, 3.63) is 0 Å². The van der Waals surface area contributed by atoms with Gasteiger partial charge in [-0.05, 0) is 18.8 Å². The molecule has 1 rings (SSSR count). The molecule has 1 aliphatic rings. The third-order valence-electron chi connectivity index (χ3n) is 2.18. The smallest absolute Gasteiger partial charge is 0.265 e. The van der Waals surface area contributed by atoms with E-state index in [9.17, 15) is 8.78 Å². The minimum Gasteiger partial charge on any atom is -0.320 e. The third kappa shape index (κ3) is 1.70. The molecule has 0 heterocycles. The second-order valence-corrected chi connectivity index (χ2v) is 3.96. The first-order valence-corrected chi connectivity index (χ1v) is 4.04. The summed E-state index contributed by atoms with van der Waals surface area (Å²) >= 11 is 0. The topological polar surface area (TPSA) is 26.0 Å². The van der Waals surface area contributed by atoms with Gasteiger partial charge in [-0.25, -0.2) is 8.78 Å². The highest BCUT2D eigenvalue weighted by Gasteiger charge is 2.58. The Morgan fingerprint density at radius 3 is 2.18 bits per heavy atom. The summed E-state index contributed by atoms with van der Waals surface area (Å²) < 4.78 is 26.2. The molecule has 0 spiro atoms. The maximum atomic E-state index is 13.1. The van der Waals surface area contributed by atoms with E-state index in [1.807, 2.05) is 0 Å². The average molecular weight is 163 g/mol.